The predicted molar refractivity (Wildman–Crippen MR) is 74.3 cm³/mol. The summed E-state index contributed by atoms with van der Waals surface area (Å²) in [7, 11) is 0. The second-order valence-electron chi connectivity index (χ2n) is 6.42. The van der Waals surface area contributed by atoms with Crippen LogP contribution in [0.3, 0.4) is 0 Å². The Morgan fingerprint density at radius 3 is 2.70 bits per heavy atom. The zero-order valence-electron chi connectivity index (χ0n) is 12.0. The van der Waals surface area contributed by atoms with Crippen molar-refractivity contribution in [3.8, 4) is 0 Å². The number of carboxylic acid groups (broad SMARTS) is 1. The van der Waals surface area contributed by atoms with Crippen LogP contribution in [0.4, 0.5) is 0 Å². The lowest BCUT2D eigenvalue weighted by Crippen LogP contribution is -2.46. The fourth-order valence-electron chi connectivity index (χ4n) is 4.29. The molecule has 3 aliphatic rings. The molecule has 0 aromatic rings. The molecule has 1 aliphatic carbocycles. The normalized spacial score (nSPS) is 34.5. The van der Waals surface area contributed by atoms with Crippen molar-refractivity contribution in [2.45, 2.75) is 57.0 Å². The highest BCUT2D eigenvalue weighted by Gasteiger charge is 2.45. The first-order valence-electron chi connectivity index (χ1n) is 7.93. The molecule has 1 amide bonds. The summed E-state index contributed by atoms with van der Waals surface area (Å²) < 4.78 is 0. The summed E-state index contributed by atoms with van der Waals surface area (Å²) in [6.45, 7) is 2.27. The molecule has 0 aromatic heterocycles. The van der Waals surface area contributed by atoms with E-state index in [9.17, 15) is 14.7 Å². The van der Waals surface area contributed by atoms with Gasteiger partial charge in [-0.3, -0.25) is 14.5 Å². The molecule has 2 saturated heterocycles. The molecule has 2 aliphatic heterocycles. The zero-order valence-corrected chi connectivity index (χ0v) is 12.0. The lowest BCUT2D eigenvalue weighted by molar-refractivity contribution is -0.142. The van der Waals surface area contributed by atoms with Crippen LogP contribution in [0.5, 0.6) is 0 Å². The molecule has 0 radical (unpaired) electrons. The third kappa shape index (κ3) is 2.55. The van der Waals surface area contributed by atoms with Crippen molar-refractivity contribution in [3.05, 3.63) is 0 Å². The van der Waals surface area contributed by atoms with E-state index in [2.05, 4.69) is 4.90 Å². The van der Waals surface area contributed by atoms with Gasteiger partial charge < -0.3 is 10.0 Å². The third-order valence-electron chi connectivity index (χ3n) is 5.31. The van der Waals surface area contributed by atoms with Crippen molar-refractivity contribution in [2.75, 3.05) is 19.6 Å². The molecule has 0 aromatic carbocycles. The number of rotatable bonds is 4. The van der Waals surface area contributed by atoms with Gasteiger partial charge in [-0.05, 0) is 31.6 Å². The number of nitrogens with zero attached hydrogens (tertiary/aromatic N) is 2. The van der Waals surface area contributed by atoms with Gasteiger partial charge in [-0.2, -0.15) is 0 Å². The van der Waals surface area contributed by atoms with Crippen molar-refractivity contribution in [3.63, 3.8) is 0 Å². The van der Waals surface area contributed by atoms with Crippen LogP contribution in [0.25, 0.3) is 0 Å². The summed E-state index contributed by atoms with van der Waals surface area (Å²) in [4.78, 5) is 27.2. The Bertz CT molecular complexity index is 399. The summed E-state index contributed by atoms with van der Waals surface area (Å²) in [6.07, 6.45) is 7.17. The van der Waals surface area contributed by atoms with Crippen molar-refractivity contribution < 1.29 is 14.7 Å². The number of fused-ring (bicyclic) bond motifs is 1. The first-order chi connectivity index (χ1) is 9.66. The molecule has 0 bridgehead atoms. The maximum atomic E-state index is 11.7. The van der Waals surface area contributed by atoms with Crippen LogP contribution in [0, 0.1) is 5.92 Å². The molecule has 1 saturated carbocycles. The first-order valence-corrected chi connectivity index (χ1v) is 7.93. The maximum absolute atomic E-state index is 11.7. The average Bonchev–Trinajstić information content (AvgIpc) is 3.00. The quantitative estimate of drug-likeness (QED) is 0.844. The lowest BCUT2D eigenvalue weighted by atomic mass is 9.85. The van der Waals surface area contributed by atoms with Crippen molar-refractivity contribution in [1.82, 2.24) is 9.80 Å². The number of carbonyl (C=O) groups excluding carboxylic acids is 1. The lowest BCUT2D eigenvalue weighted by Gasteiger charge is -2.33. The van der Waals surface area contributed by atoms with E-state index in [4.69, 9.17) is 0 Å². The monoisotopic (exact) mass is 280 g/mol. The Balaban J connectivity index is 1.64. The molecule has 3 rings (SSSR count). The van der Waals surface area contributed by atoms with Gasteiger partial charge in [0.15, 0.2) is 0 Å². The van der Waals surface area contributed by atoms with Gasteiger partial charge in [0.25, 0.3) is 0 Å². The molecule has 5 heteroatoms. The Morgan fingerprint density at radius 1 is 1.20 bits per heavy atom. The topological polar surface area (TPSA) is 60.9 Å². The number of likely N-dealkylation sites (tertiary alicyclic amines) is 2. The fraction of sp³-hybridized carbons (Fsp3) is 0.867. The van der Waals surface area contributed by atoms with Gasteiger partial charge in [-0.25, -0.2) is 0 Å². The summed E-state index contributed by atoms with van der Waals surface area (Å²) in [5, 5.41) is 9.45. The first kappa shape index (κ1) is 13.9. The molecule has 2 heterocycles. The Morgan fingerprint density at radius 2 is 2.00 bits per heavy atom. The molecule has 20 heavy (non-hydrogen) atoms. The molecule has 1 N–H and O–H groups in total. The van der Waals surface area contributed by atoms with E-state index in [1.165, 1.54) is 19.3 Å². The number of hydrogen-bond acceptors (Lipinski definition) is 3. The van der Waals surface area contributed by atoms with Crippen molar-refractivity contribution >= 4 is 11.9 Å². The van der Waals surface area contributed by atoms with Crippen LogP contribution in [0.15, 0.2) is 0 Å². The van der Waals surface area contributed by atoms with E-state index in [0.717, 1.165) is 32.4 Å². The van der Waals surface area contributed by atoms with Gasteiger partial charge >= 0.3 is 5.97 Å². The SMILES string of the molecule is O=C(O)C1CC2CCCCC2N1CCN1CCCC1=O. The summed E-state index contributed by atoms with van der Waals surface area (Å²) >= 11 is 0. The Hall–Kier alpha value is -1.10. The molecule has 112 valence electrons. The minimum Gasteiger partial charge on any atom is -0.480 e. The largest absolute Gasteiger partial charge is 0.480 e. The van der Waals surface area contributed by atoms with Crippen LogP contribution in [0.2, 0.25) is 0 Å². The van der Waals surface area contributed by atoms with E-state index in [0.29, 0.717) is 24.9 Å². The molecule has 3 fully saturated rings. The molecule has 0 spiro atoms. The second kappa shape index (κ2) is 5.72. The van der Waals surface area contributed by atoms with Crippen LogP contribution in [0.1, 0.15) is 44.9 Å². The summed E-state index contributed by atoms with van der Waals surface area (Å²) in [6, 6.07) is 0.100. The van der Waals surface area contributed by atoms with E-state index >= 15 is 0 Å². The highest BCUT2D eigenvalue weighted by molar-refractivity contribution is 5.78. The van der Waals surface area contributed by atoms with Crippen molar-refractivity contribution in [2.24, 2.45) is 5.92 Å². The minimum absolute atomic E-state index is 0.233. The van der Waals surface area contributed by atoms with Gasteiger partial charge in [-0.1, -0.05) is 12.8 Å². The van der Waals surface area contributed by atoms with Crippen LogP contribution in [-0.4, -0.2) is 58.5 Å². The number of amides is 1. The van der Waals surface area contributed by atoms with E-state index in [-0.39, 0.29) is 11.9 Å². The predicted octanol–water partition coefficient (Wildman–Crippen LogP) is 1.33. The second-order valence-corrected chi connectivity index (χ2v) is 6.42. The average molecular weight is 280 g/mol. The van der Waals surface area contributed by atoms with Gasteiger partial charge in [0.1, 0.15) is 6.04 Å². The summed E-state index contributed by atoms with van der Waals surface area (Å²) in [5.41, 5.74) is 0. The molecule has 3 unspecified atom stereocenters. The molecular formula is C15H24N2O3. The maximum Gasteiger partial charge on any atom is 0.320 e. The Labute approximate surface area is 119 Å². The highest BCUT2D eigenvalue weighted by atomic mass is 16.4. The van der Waals surface area contributed by atoms with Gasteiger partial charge in [0, 0.05) is 32.1 Å². The number of carbonyl (C=O) groups is 2. The fourth-order valence-corrected chi connectivity index (χ4v) is 4.29. The van der Waals surface area contributed by atoms with Crippen LogP contribution in [-0.2, 0) is 9.59 Å². The highest BCUT2D eigenvalue weighted by Crippen LogP contribution is 2.39. The standard InChI is InChI=1S/C15H24N2O3/c18-14-6-3-7-16(14)8-9-17-12-5-2-1-4-11(12)10-13(17)15(19)20/h11-13H,1-10H2,(H,19,20). The smallest absolute Gasteiger partial charge is 0.320 e. The number of carboxylic acids is 1. The molecular weight excluding hydrogens is 256 g/mol. The van der Waals surface area contributed by atoms with Crippen LogP contribution >= 0.6 is 0 Å². The minimum atomic E-state index is -0.688. The van der Waals surface area contributed by atoms with E-state index < -0.39 is 5.97 Å². The number of aliphatic carboxylic acids is 1. The molecule has 3 atom stereocenters. The van der Waals surface area contributed by atoms with Gasteiger partial charge in [0.2, 0.25) is 5.91 Å². The van der Waals surface area contributed by atoms with Crippen molar-refractivity contribution in [1.29, 1.82) is 0 Å². The summed E-state index contributed by atoms with van der Waals surface area (Å²) in [5.74, 6) is 0.0996. The van der Waals surface area contributed by atoms with Gasteiger partial charge in [-0.15, -0.1) is 0 Å². The van der Waals surface area contributed by atoms with E-state index in [1.54, 1.807) is 0 Å². The molecule has 5 nitrogen and oxygen atoms in total. The number of hydrogen-bond donors (Lipinski definition) is 1. The third-order valence-corrected chi connectivity index (χ3v) is 5.31. The van der Waals surface area contributed by atoms with Crippen LogP contribution < -0.4 is 0 Å². The van der Waals surface area contributed by atoms with E-state index in [1.807, 2.05) is 4.90 Å². The Kier molecular flexibility index (Phi) is 3.96. The van der Waals surface area contributed by atoms with Gasteiger partial charge in [0.05, 0.1) is 0 Å². The zero-order chi connectivity index (χ0) is 14.1.